The number of nitrogens with zero attached hydrogens (tertiary/aromatic N) is 1. The SMILES string of the molecule is Cc1nc(NC(=O)C2(C)CCCCN2)ccc1Br. The molecule has 1 atom stereocenters. The monoisotopic (exact) mass is 311 g/mol. The van der Waals surface area contributed by atoms with Crippen LogP contribution in [0, 0.1) is 6.92 Å². The van der Waals surface area contributed by atoms with E-state index in [1.165, 1.54) is 0 Å². The van der Waals surface area contributed by atoms with Gasteiger partial charge in [-0.15, -0.1) is 0 Å². The van der Waals surface area contributed by atoms with Crippen LogP contribution in [0.3, 0.4) is 0 Å². The summed E-state index contributed by atoms with van der Waals surface area (Å²) in [5, 5.41) is 6.18. The van der Waals surface area contributed by atoms with E-state index in [0.717, 1.165) is 36.0 Å². The zero-order valence-electron chi connectivity index (χ0n) is 10.7. The number of hydrogen-bond acceptors (Lipinski definition) is 3. The number of nitrogens with one attached hydrogen (secondary N) is 2. The Morgan fingerprint density at radius 1 is 1.50 bits per heavy atom. The normalized spacial score (nSPS) is 23.7. The van der Waals surface area contributed by atoms with Crippen molar-refractivity contribution >= 4 is 27.7 Å². The molecular formula is C13H18BrN3O. The molecule has 1 aromatic heterocycles. The number of piperidine rings is 1. The van der Waals surface area contributed by atoms with Gasteiger partial charge in [0.05, 0.1) is 11.2 Å². The summed E-state index contributed by atoms with van der Waals surface area (Å²) in [6.45, 7) is 4.75. The van der Waals surface area contributed by atoms with Crippen molar-refractivity contribution < 1.29 is 4.79 Å². The first kappa shape index (κ1) is 13.5. The fourth-order valence-electron chi connectivity index (χ4n) is 2.12. The van der Waals surface area contributed by atoms with Gasteiger partial charge in [0.2, 0.25) is 5.91 Å². The number of aromatic nitrogens is 1. The highest BCUT2D eigenvalue weighted by Gasteiger charge is 2.34. The lowest BCUT2D eigenvalue weighted by molar-refractivity contribution is -0.122. The van der Waals surface area contributed by atoms with Gasteiger partial charge in [0, 0.05) is 4.47 Å². The van der Waals surface area contributed by atoms with Gasteiger partial charge < -0.3 is 10.6 Å². The molecule has 0 saturated carbocycles. The van der Waals surface area contributed by atoms with Crippen LogP contribution >= 0.6 is 15.9 Å². The molecule has 1 fully saturated rings. The molecular weight excluding hydrogens is 294 g/mol. The molecule has 2 rings (SSSR count). The smallest absolute Gasteiger partial charge is 0.245 e. The first-order valence-corrected chi connectivity index (χ1v) is 7.00. The molecule has 0 aromatic carbocycles. The summed E-state index contributed by atoms with van der Waals surface area (Å²) in [5.41, 5.74) is 0.399. The Morgan fingerprint density at radius 3 is 2.89 bits per heavy atom. The molecule has 1 aliphatic rings. The van der Waals surface area contributed by atoms with E-state index in [1.807, 2.05) is 19.9 Å². The number of aryl methyl sites for hydroxylation is 1. The number of carbonyl (C=O) groups is 1. The highest BCUT2D eigenvalue weighted by atomic mass is 79.9. The summed E-state index contributed by atoms with van der Waals surface area (Å²) in [6.07, 6.45) is 3.09. The van der Waals surface area contributed by atoms with Gasteiger partial charge >= 0.3 is 0 Å². The molecule has 2 N–H and O–H groups in total. The second kappa shape index (κ2) is 5.36. The van der Waals surface area contributed by atoms with Crippen LogP contribution in [0.2, 0.25) is 0 Å². The van der Waals surface area contributed by atoms with Crippen molar-refractivity contribution in [3.63, 3.8) is 0 Å². The van der Waals surface area contributed by atoms with Crippen LogP contribution in [-0.4, -0.2) is 23.0 Å². The molecule has 5 heteroatoms. The lowest BCUT2D eigenvalue weighted by Crippen LogP contribution is -2.54. The standard InChI is InChI=1S/C13H18BrN3O/c1-9-10(14)5-6-11(16-9)17-12(18)13(2)7-3-4-8-15-13/h5-6,15H,3-4,7-8H2,1-2H3,(H,16,17,18). The predicted octanol–water partition coefficient (Wildman–Crippen LogP) is 2.62. The number of amides is 1. The summed E-state index contributed by atoms with van der Waals surface area (Å²) in [5.74, 6) is 0.603. The van der Waals surface area contributed by atoms with Crippen molar-refractivity contribution in [1.29, 1.82) is 0 Å². The molecule has 4 nitrogen and oxygen atoms in total. The van der Waals surface area contributed by atoms with Crippen LogP contribution < -0.4 is 10.6 Å². The van der Waals surface area contributed by atoms with Gasteiger partial charge in [0.1, 0.15) is 5.82 Å². The van der Waals surface area contributed by atoms with Crippen molar-refractivity contribution in [3.05, 3.63) is 22.3 Å². The Morgan fingerprint density at radius 2 is 2.28 bits per heavy atom. The first-order valence-electron chi connectivity index (χ1n) is 6.21. The molecule has 0 bridgehead atoms. The zero-order chi connectivity index (χ0) is 13.2. The first-order chi connectivity index (χ1) is 8.51. The third-order valence-electron chi connectivity index (χ3n) is 3.38. The molecule has 0 aliphatic carbocycles. The van der Waals surface area contributed by atoms with Crippen molar-refractivity contribution in [2.24, 2.45) is 0 Å². The molecule has 1 unspecified atom stereocenters. The van der Waals surface area contributed by atoms with Crippen LogP contribution in [0.5, 0.6) is 0 Å². The summed E-state index contributed by atoms with van der Waals surface area (Å²) in [4.78, 5) is 16.6. The maximum Gasteiger partial charge on any atom is 0.245 e. The lowest BCUT2D eigenvalue weighted by Gasteiger charge is -2.33. The largest absolute Gasteiger partial charge is 0.309 e. The molecule has 1 amide bonds. The fourth-order valence-corrected chi connectivity index (χ4v) is 2.34. The van der Waals surface area contributed by atoms with Crippen molar-refractivity contribution in [1.82, 2.24) is 10.3 Å². The minimum absolute atomic E-state index is 0.00331. The Balaban J connectivity index is 2.08. The summed E-state index contributed by atoms with van der Waals surface area (Å²) in [7, 11) is 0. The summed E-state index contributed by atoms with van der Waals surface area (Å²) < 4.78 is 0.947. The van der Waals surface area contributed by atoms with E-state index in [-0.39, 0.29) is 5.91 Å². The van der Waals surface area contributed by atoms with Gasteiger partial charge in [-0.2, -0.15) is 0 Å². The maximum atomic E-state index is 12.3. The lowest BCUT2D eigenvalue weighted by atomic mass is 9.90. The average Bonchev–Trinajstić information content (AvgIpc) is 2.35. The molecule has 98 valence electrons. The summed E-state index contributed by atoms with van der Waals surface area (Å²) in [6, 6.07) is 3.70. The van der Waals surface area contributed by atoms with Crippen molar-refractivity contribution in [2.75, 3.05) is 11.9 Å². The van der Waals surface area contributed by atoms with Crippen LogP contribution in [0.15, 0.2) is 16.6 Å². The topological polar surface area (TPSA) is 54.0 Å². The predicted molar refractivity (Wildman–Crippen MR) is 75.6 cm³/mol. The number of pyridine rings is 1. The minimum Gasteiger partial charge on any atom is -0.309 e. The zero-order valence-corrected chi connectivity index (χ0v) is 12.3. The molecule has 0 spiro atoms. The van der Waals surface area contributed by atoms with Crippen LogP contribution in [0.4, 0.5) is 5.82 Å². The fraction of sp³-hybridized carbons (Fsp3) is 0.538. The van der Waals surface area contributed by atoms with E-state index in [9.17, 15) is 4.79 Å². The average molecular weight is 312 g/mol. The Kier molecular flexibility index (Phi) is 4.02. The van der Waals surface area contributed by atoms with E-state index in [0.29, 0.717) is 5.82 Å². The van der Waals surface area contributed by atoms with Gasteiger partial charge in [0.25, 0.3) is 0 Å². The Hall–Kier alpha value is -0.940. The van der Waals surface area contributed by atoms with Crippen LogP contribution in [0.1, 0.15) is 31.9 Å². The Labute approximate surface area is 116 Å². The summed E-state index contributed by atoms with van der Waals surface area (Å²) >= 11 is 3.40. The molecule has 1 aliphatic heterocycles. The molecule has 1 saturated heterocycles. The van der Waals surface area contributed by atoms with E-state index in [1.54, 1.807) is 6.07 Å². The van der Waals surface area contributed by atoms with Crippen LogP contribution in [-0.2, 0) is 4.79 Å². The third kappa shape index (κ3) is 2.90. The van der Waals surface area contributed by atoms with E-state index in [4.69, 9.17) is 0 Å². The van der Waals surface area contributed by atoms with E-state index < -0.39 is 5.54 Å². The minimum atomic E-state index is -0.471. The van der Waals surface area contributed by atoms with E-state index in [2.05, 4.69) is 31.5 Å². The maximum absolute atomic E-state index is 12.3. The van der Waals surface area contributed by atoms with Gasteiger partial charge in [-0.3, -0.25) is 4.79 Å². The quantitative estimate of drug-likeness (QED) is 0.883. The Bertz CT molecular complexity index is 456. The second-order valence-electron chi connectivity index (χ2n) is 4.93. The van der Waals surface area contributed by atoms with Crippen LogP contribution in [0.25, 0.3) is 0 Å². The molecule has 0 radical (unpaired) electrons. The van der Waals surface area contributed by atoms with Gasteiger partial charge in [-0.1, -0.05) is 0 Å². The van der Waals surface area contributed by atoms with E-state index >= 15 is 0 Å². The highest BCUT2D eigenvalue weighted by Crippen LogP contribution is 2.21. The number of halogens is 1. The third-order valence-corrected chi connectivity index (χ3v) is 4.22. The molecule has 2 heterocycles. The van der Waals surface area contributed by atoms with Gasteiger partial charge in [0.15, 0.2) is 0 Å². The molecule has 18 heavy (non-hydrogen) atoms. The van der Waals surface area contributed by atoms with Gasteiger partial charge in [-0.05, 0) is 67.7 Å². The number of anilines is 1. The number of hydrogen-bond donors (Lipinski definition) is 2. The molecule has 1 aromatic rings. The number of carbonyl (C=O) groups excluding carboxylic acids is 1. The second-order valence-corrected chi connectivity index (χ2v) is 5.79. The highest BCUT2D eigenvalue weighted by molar-refractivity contribution is 9.10. The van der Waals surface area contributed by atoms with Crippen molar-refractivity contribution in [3.8, 4) is 0 Å². The van der Waals surface area contributed by atoms with Gasteiger partial charge in [-0.25, -0.2) is 4.98 Å². The van der Waals surface area contributed by atoms with Crippen molar-refractivity contribution in [2.45, 2.75) is 38.6 Å². The number of rotatable bonds is 2.